The first-order chi connectivity index (χ1) is 10.1. The SMILES string of the molecule is Cn1c(Cc2ccccc2F)nc2cc(C(=O)O)ccc21. The van der Waals surface area contributed by atoms with Gasteiger partial charge in [0.05, 0.1) is 16.6 Å². The van der Waals surface area contributed by atoms with Gasteiger partial charge in [-0.1, -0.05) is 18.2 Å². The molecule has 0 atom stereocenters. The molecular formula is C16H13FN2O2. The molecule has 21 heavy (non-hydrogen) atoms. The van der Waals surface area contributed by atoms with E-state index in [2.05, 4.69) is 4.98 Å². The molecule has 0 aliphatic rings. The second-order valence-electron chi connectivity index (χ2n) is 4.86. The monoisotopic (exact) mass is 284 g/mol. The number of hydrogen-bond acceptors (Lipinski definition) is 2. The molecule has 1 aromatic heterocycles. The second kappa shape index (κ2) is 5.01. The molecule has 0 saturated carbocycles. The smallest absolute Gasteiger partial charge is 0.335 e. The van der Waals surface area contributed by atoms with Crippen LogP contribution in [0.1, 0.15) is 21.7 Å². The molecule has 0 fully saturated rings. The van der Waals surface area contributed by atoms with Crippen LogP contribution < -0.4 is 0 Å². The molecule has 0 saturated heterocycles. The predicted octanol–water partition coefficient (Wildman–Crippen LogP) is 3.00. The van der Waals surface area contributed by atoms with Crippen LogP contribution in [0.15, 0.2) is 42.5 Å². The van der Waals surface area contributed by atoms with Crippen LogP contribution in [0.25, 0.3) is 11.0 Å². The van der Waals surface area contributed by atoms with Crippen molar-refractivity contribution in [3.05, 3.63) is 65.2 Å². The Hall–Kier alpha value is -2.69. The molecule has 0 spiro atoms. The van der Waals surface area contributed by atoms with Gasteiger partial charge in [0.1, 0.15) is 11.6 Å². The van der Waals surface area contributed by atoms with Gasteiger partial charge in [0.2, 0.25) is 0 Å². The number of fused-ring (bicyclic) bond motifs is 1. The number of hydrogen-bond donors (Lipinski definition) is 1. The maximum absolute atomic E-state index is 13.7. The van der Waals surface area contributed by atoms with Crippen molar-refractivity contribution >= 4 is 17.0 Å². The van der Waals surface area contributed by atoms with Gasteiger partial charge < -0.3 is 9.67 Å². The number of carboxylic acids is 1. The lowest BCUT2D eigenvalue weighted by molar-refractivity contribution is 0.0697. The lowest BCUT2D eigenvalue weighted by Crippen LogP contribution is -2.00. The number of carbonyl (C=O) groups is 1. The fourth-order valence-electron chi connectivity index (χ4n) is 2.35. The molecule has 0 aliphatic heterocycles. The number of benzene rings is 2. The number of aromatic carboxylic acids is 1. The first kappa shape index (κ1) is 13.3. The van der Waals surface area contributed by atoms with E-state index >= 15 is 0 Å². The topological polar surface area (TPSA) is 55.1 Å². The fourth-order valence-corrected chi connectivity index (χ4v) is 2.35. The van der Waals surface area contributed by atoms with E-state index in [1.165, 1.54) is 12.1 Å². The molecule has 0 aliphatic carbocycles. The van der Waals surface area contributed by atoms with Crippen molar-refractivity contribution in [3.8, 4) is 0 Å². The predicted molar refractivity (Wildman–Crippen MR) is 76.9 cm³/mol. The molecule has 1 heterocycles. The number of aryl methyl sites for hydroxylation is 1. The Labute approximate surface area is 120 Å². The van der Waals surface area contributed by atoms with Crippen molar-refractivity contribution < 1.29 is 14.3 Å². The highest BCUT2D eigenvalue weighted by Crippen LogP contribution is 2.20. The van der Waals surface area contributed by atoms with E-state index in [-0.39, 0.29) is 11.4 Å². The van der Waals surface area contributed by atoms with Crippen LogP contribution in [0, 0.1) is 5.82 Å². The summed E-state index contributed by atoms with van der Waals surface area (Å²) in [5, 5.41) is 9.01. The van der Waals surface area contributed by atoms with Crippen LogP contribution in [0.5, 0.6) is 0 Å². The van der Waals surface area contributed by atoms with Crippen LogP contribution in [-0.2, 0) is 13.5 Å². The normalized spacial score (nSPS) is 11.0. The maximum Gasteiger partial charge on any atom is 0.335 e. The van der Waals surface area contributed by atoms with E-state index in [9.17, 15) is 9.18 Å². The van der Waals surface area contributed by atoms with Crippen molar-refractivity contribution in [3.63, 3.8) is 0 Å². The quantitative estimate of drug-likeness (QED) is 0.804. The molecule has 3 rings (SSSR count). The summed E-state index contributed by atoms with van der Waals surface area (Å²) >= 11 is 0. The largest absolute Gasteiger partial charge is 0.478 e. The van der Waals surface area contributed by atoms with Gasteiger partial charge in [-0.25, -0.2) is 14.2 Å². The van der Waals surface area contributed by atoms with E-state index in [1.54, 1.807) is 30.3 Å². The summed E-state index contributed by atoms with van der Waals surface area (Å²) in [5.74, 6) is -0.563. The number of rotatable bonds is 3. The van der Waals surface area contributed by atoms with Gasteiger partial charge in [-0.05, 0) is 29.8 Å². The summed E-state index contributed by atoms with van der Waals surface area (Å²) in [6.07, 6.45) is 0.361. The Morgan fingerprint density at radius 3 is 2.76 bits per heavy atom. The maximum atomic E-state index is 13.7. The molecule has 4 nitrogen and oxygen atoms in total. The minimum Gasteiger partial charge on any atom is -0.478 e. The van der Waals surface area contributed by atoms with E-state index < -0.39 is 5.97 Å². The van der Waals surface area contributed by atoms with Crippen LogP contribution in [-0.4, -0.2) is 20.6 Å². The summed E-state index contributed by atoms with van der Waals surface area (Å²) in [5.41, 5.74) is 2.18. The van der Waals surface area contributed by atoms with Crippen molar-refractivity contribution in [2.24, 2.45) is 7.05 Å². The van der Waals surface area contributed by atoms with Crippen molar-refractivity contribution in [2.75, 3.05) is 0 Å². The molecule has 3 aromatic rings. The van der Waals surface area contributed by atoms with Gasteiger partial charge in [-0.15, -0.1) is 0 Å². The Bertz CT molecular complexity index is 839. The van der Waals surface area contributed by atoms with Crippen LogP contribution in [0.3, 0.4) is 0 Å². The minimum absolute atomic E-state index is 0.193. The van der Waals surface area contributed by atoms with E-state index in [1.807, 2.05) is 11.6 Å². The zero-order chi connectivity index (χ0) is 15.0. The zero-order valence-electron chi connectivity index (χ0n) is 11.4. The molecule has 106 valence electrons. The highest BCUT2D eigenvalue weighted by molar-refractivity contribution is 5.92. The van der Waals surface area contributed by atoms with Gasteiger partial charge in [0.25, 0.3) is 0 Å². The van der Waals surface area contributed by atoms with Gasteiger partial charge in [0.15, 0.2) is 0 Å². The molecule has 1 N–H and O–H groups in total. The molecular weight excluding hydrogens is 271 g/mol. The van der Waals surface area contributed by atoms with Crippen molar-refractivity contribution in [1.82, 2.24) is 9.55 Å². The van der Waals surface area contributed by atoms with Gasteiger partial charge in [-0.3, -0.25) is 0 Å². The third-order valence-corrected chi connectivity index (χ3v) is 3.53. The second-order valence-corrected chi connectivity index (χ2v) is 4.86. The molecule has 2 aromatic carbocycles. The highest BCUT2D eigenvalue weighted by Gasteiger charge is 2.12. The average molecular weight is 284 g/mol. The average Bonchev–Trinajstić information content (AvgIpc) is 2.77. The molecule has 0 bridgehead atoms. The number of nitrogens with zero attached hydrogens (tertiary/aromatic N) is 2. The summed E-state index contributed by atoms with van der Waals surface area (Å²) in [6, 6.07) is 11.4. The summed E-state index contributed by atoms with van der Waals surface area (Å²) in [7, 11) is 1.84. The van der Waals surface area contributed by atoms with Crippen molar-refractivity contribution in [1.29, 1.82) is 0 Å². The summed E-state index contributed by atoms with van der Waals surface area (Å²) in [4.78, 5) is 15.4. The lowest BCUT2D eigenvalue weighted by atomic mass is 10.1. The third kappa shape index (κ3) is 2.38. The molecule has 0 unspecified atom stereocenters. The van der Waals surface area contributed by atoms with Crippen molar-refractivity contribution in [2.45, 2.75) is 6.42 Å². The van der Waals surface area contributed by atoms with E-state index in [0.717, 1.165) is 5.52 Å². The highest BCUT2D eigenvalue weighted by atomic mass is 19.1. The minimum atomic E-state index is -0.988. The van der Waals surface area contributed by atoms with E-state index in [4.69, 9.17) is 5.11 Å². The number of aromatic nitrogens is 2. The molecule has 0 amide bonds. The third-order valence-electron chi connectivity index (χ3n) is 3.53. The fraction of sp³-hybridized carbons (Fsp3) is 0.125. The van der Waals surface area contributed by atoms with E-state index in [0.29, 0.717) is 23.3 Å². The standard InChI is InChI=1S/C16H13FN2O2/c1-19-14-7-6-11(16(20)21)8-13(14)18-15(19)9-10-4-2-3-5-12(10)17/h2-8H,9H2,1H3,(H,20,21). The number of imidazole rings is 1. The van der Waals surface area contributed by atoms with Crippen LogP contribution in [0.4, 0.5) is 4.39 Å². The lowest BCUT2D eigenvalue weighted by Gasteiger charge is -2.03. The Balaban J connectivity index is 2.05. The summed E-state index contributed by atoms with van der Waals surface area (Å²) in [6.45, 7) is 0. The first-order valence-corrected chi connectivity index (χ1v) is 6.48. The Morgan fingerprint density at radius 2 is 2.05 bits per heavy atom. The first-order valence-electron chi connectivity index (χ1n) is 6.48. The zero-order valence-corrected chi connectivity index (χ0v) is 11.4. The number of carboxylic acid groups (broad SMARTS) is 1. The van der Waals surface area contributed by atoms with Crippen LogP contribution in [0.2, 0.25) is 0 Å². The molecule has 0 radical (unpaired) electrons. The Kier molecular flexibility index (Phi) is 3.17. The summed E-state index contributed by atoms with van der Waals surface area (Å²) < 4.78 is 15.6. The number of halogens is 1. The van der Waals surface area contributed by atoms with Gasteiger partial charge >= 0.3 is 5.97 Å². The molecule has 5 heteroatoms. The van der Waals surface area contributed by atoms with Gasteiger partial charge in [0, 0.05) is 13.5 Å². The Morgan fingerprint density at radius 1 is 1.29 bits per heavy atom. The van der Waals surface area contributed by atoms with Crippen LogP contribution >= 0.6 is 0 Å². The van der Waals surface area contributed by atoms with Gasteiger partial charge in [-0.2, -0.15) is 0 Å².